The van der Waals surface area contributed by atoms with Gasteiger partial charge in [0.1, 0.15) is 0 Å². The van der Waals surface area contributed by atoms with Gasteiger partial charge < -0.3 is 5.32 Å². The third kappa shape index (κ3) is 5.36. The molecule has 0 fully saturated rings. The molecule has 19 heavy (non-hydrogen) atoms. The van der Waals surface area contributed by atoms with Crippen LogP contribution in [0.5, 0.6) is 0 Å². The van der Waals surface area contributed by atoms with Gasteiger partial charge in [0.15, 0.2) is 0 Å². The standard InChI is InChI=1S/C11H14Cl2N2O3S/c1-15(19(2,17)18)7-11(16)14-6-8-3-4-9(12)5-10(8)13/h3-5H,6-7H2,1-2H3,(H,14,16). The molecule has 0 aliphatic heterocycles. The normalized spacial score (nSPS) is 11.6. The van der Waals surface area contributed by atoms with E-state index in [0.29, 0.717) is 15.6 Å². The number of carbonyl (C=O) groups is 1. The Morgan fingerprint density at radius 3 is 2.53 bits per heavy atom. The van der Waals surface area contributed by atoms with Crippen molar-refractivity contribution >= 4 is 39.1 Å². The second kappa shape index (κ2) is 6.56. The molecule has 0 aromatic heterocycles. The monoisotopic (exact) mass is 324 g/mol. The molecular formula is C11H14Cl2N2O3S. The van der Waals surface area contributed by atoms with Crippen molar-refractivity contribution in [2.75, 3.05) is 19.8 Å². The minimum atomic E-state index is -3.37. The maximum Gasteiger partial charge on any atom is 0.235 e. The Labute approximate surface area is 122 Å². The van der Waals surface area contributed by atoms with E-state index in [1.807, 2.05) is 0 Å². The summed E-state index contributed by atoms with van der Waals surface area (Å²) >= 11 is 11.7. The first-order valence-electron chi connectivity index (χ1n) is 5.32. The number of carbonyl (C=O) groups excluding carboxylic acids is 1. The van der Waals surface area contributed by atoms with Crippen LogP contribution in [0.2, 0.25) is 10.0 Å². The van der Waals surface area contributed by atoms with Gasteiger partial charge in [-0.25, -0.2) is 8.42 Å². The fourth-order valence-corrected chi connectivity index (χ4v) is 2.06. The van der Waals surface area contributed by atoms with E-state index >= 15 is 0 Å². The van der Waals surface area contributed by atoms with Crippen LogP contribution in [-0.4, -0.2) is 38.5 Å². The Morgan fingerprint density at radius 2 is 2.00 bits per heavy atom. The van der Waals surface area contributed by atoms with Gasteiger partial charge in [0, 0.05) is 23.6 Å². The van der Waals surface area contributed by atoms with E-state index in [0.717, 1.165) is 10.6 Å². The SMILES string of the molecule is CN(CC(=O)NCc1ccc(Cl)cc1Cl)S(C)(=O)=O. The number of amides is 1. The molecule has 0 radical (unpaired) electrons. The Morgan fingerprint density at radius 1 is 1.37 bits per heavy atom. The van der Waals surface area contributed by atoms with Crippen LogP contribution < -0.4 is 5.32 Å². The molecule has 0 unspecified atom stereocenters. The summed E-state index contributed by atoms with van der Waals surface area (Å²) in [5.74, 6) is -0.404. The molecule has 1 amide bonds. The average molecular weight is 325 g/mol. The lowest BCUT2D eigenvalue weighted by Gasteiger charge is -2.14. The minimum Gasteiger partial charge on any atom is -0.351 e. The molecule has 0 aliphatic rings. The van der Waals surface area contributed by atoms with Gasteiger partial charge in [-0.15, -0.1) is 0 Å². The molecule has 8 heteroatoms. The quantitative estimate of drug-likeness (QED) is 0.892. The van der Waals surface area contributed by atoms with Crippen LogP contribution in [0.3, 0.4) is 0 Å². The molecule has 0 saturated carbocycles. The van der Waals surface area contributed by atoms with Gasteiger partial charge in [-0.2, -0.15) is 4.31 Å². The zero-order chi connectivity index (χ0) is 14.6. The summed E-state index contributed by atoms with van der Waals surface area (Å²) in [6.45, 7) is -0.0174. The lowest BCUT2D eigenvalue weighted by molar-refractivity contribution is -0.121. The van der Waals surface area contributed by atoms with Crippen LogP contribution in [0.15, 0.2) is 18.2 Å². The number of nitrogens with one attached hydrogen (secondary N) is 1. The zero-order valence-corrected chi connectivity index (χ0v) is 12.8. The van der Waals surface area contributed by atoms with E-state index < -0.39 is 15.9 Å². The van der Waals surface area contributed by atoms with E-state index in [4.69, 9.17) is 23.2 Å². The number of hydrogen-bond donors (Lipinski definition) is 1. The molecule has 5 nitrogen and oxygen atoms in total. The summed E-state index contributed by atoms with van der Waals surface area (Å²) in [6, 6.07) is 4.94. The van der Waals surface area contributed by atoms with Crippen LogP contribution in [0.4, 0.5) is 0 Å². The number of sulfonamides is 1. The number of hydrogen-bond acceptors (Lipinski definition) is 3. The zero-order valence-electron chi connectivity index (χ0n) is 10.5. The predicted octanol–water partition coefficient (Wildman–Crippen LogP) is 1.50. The van der Waals surface area contributed by atoms with Crippen LogP contribution in [0.25, 0.3) is 0 Å². The summed E-state index contributed by atoms with van der Waals surface area (Å²) in [6.07, 6.45) is 1.04. The third-order valence-electron chi connectivity index (χ3n) is 2.42. The second-order valence-electron chi connectivity index (χ2n) is 4.03. The molecule has 0 aliphatic carbocycles. The smallest absolute Gasteiger partial charge is 0.235 e. The molecule has 0 bridgehead atoms. The van der Waals surface area contributed by atoms with E-state index in [2.05, 4.69) is 5.32 Å². The molecule has 0 spiro atoms. The molecular weight excluding hydrogens is 311 g/mol. The Balaban J connectivity index is 2.55. The number of nitrogens with zero attached hydrogens (tertiary/aromatic N) is 1. The molecule has 1 aromatic carbocycles. The number of halogens is 2. The van der Waals surface area contributed by atoms with Gasteiger partial charge in [-0.05, 0) is 17.7 Å². The molecule has 1 N–H and O–H groups in total. The topological polar surface area (TPSA) is 66.5 Å². The van der Waals surface area contributed by atoms with Crippen molar-refractivity contribution in [1.82, 2.24) is 9.62 Å². The molecule has 1 rings (SSSR count). The van der Waals surface area contributed by atoms with Crippen molar-refractivity contribution < 1.29 is 13.2 Å². The summed E-state index contributed by atoms with van der Waals surface area (Å²) in [5.41, 5.74) is 0.710. The largest absolute Gasteiger partial charge is 0.351 e. The van der Waals surface area contributed by atoms with E-state index in [-0.39, 0.29) is 13.1 Å². The van der Waals surface area contributed by atoms with Crippen molar-refractivity contribution in [1.29, 1.82) is 0 Å². The number of rotatable bonds is 5. The minimum absolute atomic E-state index is 0.215. The molecule has 0 saturated heterocycles. The molecule has 106 valence electrons. The van der Waals surface area contributed by atoms with Crippen molar-refractivity contribution in [2.24, 2.45) is 0 Å². The maximum atomic E-state index is 11.6. The van der Waals surface area contributed by atoms with E-state index in [1.165, 1.54) is 7.05 Å². The molecule has 0 heterocycles. The highest BCUT2D eigenvalue weighted by molar-refractivity contribution is 7.88. The summed E-state index contributed by atoms with van der Waals surface area (Å²) in [7, 11) is -2.03. The van der Waals surface area contributed by atoms with E-state index in [1.54, 1.807) is 18.2 Å². The first-order valence-corrected chi connectivity index (χ1v) is 7.92. The first-order chi connectivity index (χ1) is 8.70. The summed E-state index contributed by atoms with van der Waals surface area (Å²) < 4.78 is 23.2. The van der Waals surface area contributed by atoms with Gasteiger partial charge in [-0.1, -0.05) is 29.3 Å². The van der Waals surface area contributed by atoms with Gasteiger partial charge >= 0.3 is 0 Å². The highest BCUT2D eigenvalue weighted by Gasteiger charge is 2.15. The number of benzene rings is 1. The molecule has 0 atom stereocenters. The first kappa shape index (κ1) is 16.2. The highest BCUT2D eigenvalue weighted by atomic mass is 35.5. The van der Waals surface area contributed by atoms with Crippen LogP contribution >= 0.6 is 23.2 Å². The lowest BCUT2D eigenvalue weighted by atomic mass is 10.2. The Hall–Kier alpha value is -0.820. The average Bonchev–Trinajstić information content (AvgIpc) is 2.26. The van der Waals surface area contributed by atoms with Gasteiger partial charge in [0.05, 0.1) is 12.8 Å². The van der Waals surface area contributed by atoms with Crippen LogP contribution in [0.1, 0.15) is 5.56 Å². The van der Waals surface area contributed by atoms with E-state index in [9.17, 15) is 13.2 Å². The van der Waals surface area contributed by atoms with Crippen LogP contribution in [-0.2, 0) is 21.4 Å². The van der Waals surface area contributed by atoms with Crippen LogP contribution in [0, 0.1) is 0 Å². The maximum absolute atomic E-state index is 11.6. The van der Waals surface area contributed by atoms with Crippen molar-refractivity contribution in [2.45, 2.75) is 6.54 Å². The lowest BCUT2D eigenvalue weighted by Crippen LogP contribution is -2.37. The molecule has 1 aromatic rings. The fraction of sp³-hybridized carbons (Fsp3) is 0.364. The second-order valence-corrected chi connectivity index (χ2v) is 6.96. The highest BCUT2D eigenvalue weighted by Crippen LogP contribution is 2.20. The fourth-order valence-electron chi connectivity index (χ4n) is 1.23. The summed E-state index contributed by atoms with van der Waals surface area (Å²) in [4.78, 5) is 11.6. The summed E-state index contributed by atoms with van der Waals surface area (Å²) in [5, 5.41) is 3.55. The Kier molecular flexibility index (Phi) is 5.61. The third-order valence-corrected chi connectivity index (χ3v) is 4.27. The van der Waals surface area contributed by atoms with Gasteiger partial charge in [0.2, 0.25) is 15.9 Å². The predicted molar refractivity (Wildman–Crippen MR) is 75.8 cm³/mol. The van der Waals surface area contributed by atoms with Crippen molar-refractivity contribution in [3.8, 4) is 0 Å². The van der Waals surface area contributed by atoms with Crippen molar-refractivity contribution in [3.63, 3.8) is 0 Å². The van der Waals surface area contributed by atoms with Gasteiger partial charge in [0.25, 0.3) is 0 Å². The Bertz CT molecular complexity index is 575. The number of likely N-dealkylation sites (N-methyl/N-ethyl adjacent to an activating group) is 1. The van der Waals surface area contributed by atoms with Gasteiger partial charge in [-0.3, -0.25) is 4.79 Å². The van der Waals surface area contributed by atoms with Crippen molar-refractivity contribution in [3.05, 3.63) is 33.8 Å².